The van der Waals surface area contributed by atoms with E-state index >= 15 is 0 Å². The molecule has 1 aromatic carbocycles. The monoisotopic (exact) mass is 277 g/mol. The standard InChI is InChI=1S/C12H12BrN3/c1-16(6-2-5-14)12-4-3-10(8-13)7-11(12)9-15/h3-4,7H,2,6,8H2,1H3. The number of hydrogen-bond donors (Lipinski definition) is 0. The highest BCUT2D eigenvalue weighted by Gasteiger charge is 2.07. The van der Waals surface area contributed by atoms with Crippen LogP contribution < -0.4 is 4.90 Å². The summed E-state index contributed by atoms with van der Waals surface area (Å²) >= 11 is 3.36. The minimum absolute atomic E-state index is 0.460. The molecule has 16 heavy (non-hydrogen) atoms. The first-order valence-electron chi connectivity index (χ1n) is 4.90. The summed E-state index contributed by atoms with van der Waals surface area (Å²) in [5.41, 5.74) is 2.61. The fourth-order valence-electron chi connectivity index (χ4n) is 1.43. The average Bonchev–Trinajstić information content (AvgIpc) is 2.34. The van der Waals surface area contributed by atoms with Crippen LogP contribution in [0.1, 0.15) is 17.5 Å². The van der Waals surface area contributed by atoms with Crippen LogP contribution in [0.4, 0.5) is 5.69 Å². The van der Waals surface area contributed by atoms with Gasteiger partial charge in [-0.3, -0.25) is 0 Å². The van der Waals surface area contributed by atoms with Crippen molar-refractivity contribution in [3.63, 3.8) is 0 Å². The molecule has 0 aromatic heterocycles. The molecule has 82 valence electrons. The van der Waals surface area contributed by atoms with Crippen LogP contribution in [0.3, 0.4) is 0 Å². The van der Waals surface area contributed by atoms with E-state index < -0.39 is 0 Å². The normalized spacial score (nSPS) is 9.25. The molecule has 0 spiro atoms. The van der Waals surface area contributed by atoms with E-state index in [1.165, 1.54) is 0 Å². The fourth-order valence-corrected chi connectivity index (χ4v) is 1.78. The van der Waals surface area contributed by atoms with Crippen molar-refractivity contribution in [1.29, 1.82) is 10.5 Å². The minimum atomic E-state index is 0.460. The minimum Gasteiger partial charge on any atom is -0.372 e. The number of rotatable bonds is 4. The molecule has 0 bridgehead atoms. The van der Waals surface area contributed by atoms with E-state index in [1.807, 2.05) is 30.1 Å². The Hall–Kier alpha value is -1.52. The molecule has 0 heterocycles. The Labute approximate surface area is 104 Å². The zero-order valence-corrected chi connectivity index (χ0v) is 10.7. The number of benzene rings is 1. The summed E-state index contributed by atoms with van der Waals surface area (Å²) in [6, 6.07) is 10.0. The average molecular weight is 278 g/mol. The van der Waals surface area contributed by atoms with Crippen molar-refractivity contribution in [1.82, 2.24) is 0 Å². The molecule has 0 aliphatic carbocycles. The van der Waals surface area contributed by atoms with E-state index in [4.69, 9.17) is 10.5 Å². The number of alkyl halides is 1. The highest BCUT2D eigenvalue weighted by Crippen LogP contribution is 2.21. The van der Waals surface area contributed by atoms with Crippen LogP contribution in [0.2, 0.25) is 0 Å². The third kappa shape index (κ3) is 2.98. The summed E-state index contributed by atoms with van der Waals surface area (Å²) in [4.78, 5) is 1.93. The highest BCUT2D eigenvalue weighted by molar-refractivity contribution is 9.08. The maximum absolute atomic E-state index is 9.06. The van der Waals surface area contributed by atoms with Crippen LogP contribution in [-0.2, 0) is 5.33 Å². The maximum Gasteiger partial charge on any atom is 0.101 e. The van der Waals surface area contributed by atoms with Gasteiger partial charge in [-0.15, -0.1) is 0 Å². The first-order valence-corrected chi connectivity index (χ1v) is 6.02. The number of halogens is 1. The molecule has 0 saturated heterocycles. The van der Waals surface area contributed by atoms with Crippen LogP contribution in [0, 0.1) is 22.7 Å². The van der Waals surface area contributed by atoms with E-state index in [2.05, 4.69) is 28.1 Å². The van der Waals surface area contributed by atoms with E-state index in [1.54, 1.807) is 0 Å². The first kappa shape index (κ1) is 12.5. The number of nitriles is 2. The summed E-state index contributed by atoms with van der Waals surface area (Å²) < 4.78 is 0. The lowest BCUT2D eigenvalue weighted by atomic mass is 10.1. The van der Waals surface area contributed by atoms with E-state index in [-0.39, 0.29) is 0 Å². The SMILES string of the molecule is CN(CCC#N)c1ccc(CBr)cc1C#N. The van der Waals surface area contributed by atoms with Crippen molar-refractivity contribution in [2.75, 3.05) is 18.5 Å². The second-order valence-electron chi connectivity index (χ2n) is 3.43. The van der Waals surface area contributed by atoms with Gasteiger partial charge in [0.1, 0.15) is 6.07 Å². The predicted molar refractivity (Wildman–Crippen MR) is 67.3 cm³/mol. The molecule has 0 saturated carbocycles. The third-order valence-electron chi connectivity index (χ3n) is 2.31. The van der Waals surface area contributed by atoms with Gasteiger partial charge >= 0.3 is 0 Å². The molecule has 0 atom stereocenters. The summed E-state index contributed by atoms with van der Waals surface area (Å²) in [6.45, 7) is 0.638. The van der Waals surface area contributed by atoms with Crippen molar-refractivity contribution < 1.29 is 0 Å². The van der Waals surface area contributed by atoms with Gasteiger partial charge in [0.2, 0.25) is 0 Å². The smallest absolute Gasteiger partial charge is 0.101 e. The van der Waals surface area contributed by atoms with Crippen molar-refractivity contribution in [2.24, 2.45) is 0 Å². The van der Waals surface area contributed by atoms with Gasteiger partial charge in [0.25, 0.3) is 0 Å². The van der Waals surface area contributed by atoms with Gasteiger partial charge in [-0.2, -0.15) is 10.5 Å². The van der Waals surface area contributed by atoms with Gasteiger partial charge in [-0.25, -0.2) is 0 Å². The Kier molecular flexibility index (Phi) is 4.82. The Morgan fingerprint density at radius 1 is 1.38 bits per heavy atom. The van der Waals surface area contributed by atoms with Gasteiger partial charge in [0.05, 0.1) is 23.7 Å². The van der Waals surface area contributed by atoms with Crippen molar-refractivity contribution >= 4 is 21.6 Å². The number of nitrogens with zero attached hydrogens (tertiary/aromatic N) is 3. The summed E-state index contributed by atoms with van der Waals surface area (Å²) in [6.07, 6.45) is 0.460. The Morgan fingerprint density at radius 3 is 2.69 bits per heavy atom. The van der Waals surface area contributed by atoms with Gasteiger partial charge < -0.3 is 4.90 Å². The van der Waals surface area contributed by atoms with Crippen LogP contribution in [0.25, 0.3) is 0 Å². The Bertz CT molecular complexity index is 443. The molecule has 0 aliphatic rings. The topological polar surface area (TPSA) is 50.8 Å². The van der Waals surface area contributed by atoms with Gasteiger partial charge in [0, 0.05) is 18.9 Å². The molecule has 0 fully saturated rings. The second kappa shape index (κ2) is 6.15. The fraction of sp³-hybridized carbons (Fsp3) is 0.333. The Balaban J connectivity index is 2.96. The highest BCUT2D eigenvalue weighted by atomic mass is 79.9. The first-order chi connectivity index (χ1) is 7.72. The summed E-state index contributed by atoms with van der Waals surface area (Å²) in [5.74, 6) is 0. The molecule has 0 amide bonds. The quantitative estimate of drug-likeness (QED) is 0.796. The predicted octanol–water partition coefficient (Wildman–Crippen LogP) is 2.80. The van der Waals surface area contributed by atoms with Crippen LogP contribution in [0.5, 0.6) is 0 Å². The lowest BCUT2D eigenvalue weighted by Crippen LogP contribution is -2.19. The van der Waals surface area contributed by atoms with Crippen molar-refractivity contribution in [2.45, 2.75) is 11.8 Å². The molecule has 1 aromatic rings. The third-order valence-corrected chi connectivity index (χ3v) is 2.95. The van der Waals surface area contributed by atoms with Crippen LogP contribution in [-0.4, -0.2) is 13.6 Å². The molecule has 1 rings (SSSR count). The van der Waals surface area contributed by atoms with Gasteiger partial charge in [-0.1, -0.05) is 22.0 Å². The largest absolute Gasteiger partial charge is 0.372 e. The zero-order valence-electron chi connectivity index (χ0n) is 9.07. The van der Waals surface area contributed by atoms with Crippen molar-refractivity contribution in [3.05, 3.63) is 29.3 Å². The zero-order chi connectivity index (χ0) is 12.0. The van der Waals surface area contributed by atoms with Crippen molar-refractivity contribution in [3.8, 4) is 12.1 Å². The second-order valence-corrected chi connectivity index (χ2v) is 3.99. The lowest BCUT2D eigenvalue weighted by molar-refractivity contribution is 0.903. The van der Waals surface area contributed by atoms with Gasteiger partial charge in [-0.05, 0) is 17.7 Å². The molecule has 0 unspecified atom stereocenters. The molecule has 0 N–H and O–H groups in total. The van der Waals surface area contributed by atoms with Crippen LogP contribution >= 0.6 is 15.9 Å². The molecular formula is C12H12BrN3. The lowest BCUT2D eigenvalue weighted by Gasteiger charge is -2.19. The number of hydrogen-bond acceptors (Lipinski definition) is 3. The van der Waals surface area contributed by atoms with E-state index in [0.29, 0.717) is 18.5 Å². The van der Waals surface area contributed by atoms with Gasteiger partial charge in [0.15, 0.2) is 0 Å². The molecule has 3 nitrogen and oxygen atoms in total. The Morgan fingerprint density at radius 2 is 2.12 bits per heavy atom. The molecule has 4 heteroatoms. The molecule has 0 radical (unpaired) electrons. The van der Waals surface area contributed by atoms with E-state index in [0.717, 1.165) is 16.6 Å². The van der Waals surface area contributed by atoms with E-state index in [9.17, 15) is 0 Å². The summed E-state index contributed by atoms with van der Waals surface area (Å²) in [7, 11) is 1.89. The maximum atomic E-state index is 9.06. The van der Waals surface area contributed by atoms with Crippen LogP contribution in [0.15, 0.2) is 18.2 Å². The molecule has 0 aliphatic heterocycles. The number of anilines is 1. The summed E-state index contributed by atoms with van der Waals surface area (Å²) in [5, 5.41) is 18.3. The molecular weight excluding hydrogens is 266 g/mol.